The summed E-state index contributed by atoms with van der Waals surface area (Å²) in [5, 5.41) is 10.1. The van der Waals surface area contributed by atoms with Crippen molar-refractivity contribution in [2.75, 3.05) is 52.6 Å². The van der Waals surface area contributed by atoms with E-state index in [0.717, 1.165) is 11.1 Å². The Morgan fingerprint density at radius 3 is 0.800 bits per heavy atom. The Hall–Kier alpha value is -8.94. The summed E-state index contributed by atoms with van der Waals surface area (Å²) in [6, 6.07) is 27.0. The molecule has 1 unspecified atom stereocenters. The second kappa shape index (κ2) is 28.9. The van der Waals surface area contributed by atoms with E-state index in [9.17, 15) is 38.4 Å². The molecule has 4 aromatic rings. The normalized spacial score (nSPS) is 11.1. The smallest absolute Gasteiger partial charge is 0.412 e. The SMILES string of the molecule is C=C(C)C(=O)OCCNC(=O)Oc1ccc(C(c2ccc(OC(=O)NCCOC(=O)C(=C)C)cc2)C(c2ccc(OC(=O)NCCOC(=O)C(=C)C)cc2)c2ccc(OC(=O)NCCOC(=O)C(C)(C)C)cc2)cc1. The largest absolute Gasteiger partial charge is 0.463 e. The molecule has 0 aliphatic carbocycles. The van der Waals surface area contributed by atoms with Gasteiger partial charge in [-0.3, -0.25) is 4.79 Å². The van der Waals surface area contributed by atoms with Crippen molar-refractivity contribution in [3.8, 4) is 23.0 Å². The van der Waals surface area contributed by atoms with Gasteiger partial charge in [0.25, 0.3) is 0 Å². The van der Waals surface area contributed by atoms with Crippen LogP contribution in [0.25, 0.3) is 0 Å². The van der Waals surface area contributed by atoms with Crippen molar-refractivity contribution in [2.45, 2.75) is 53.4 Å². The highest BCUT2D eigenvalue weighted by Crippen LogP contribution is 2.44. The number of rotatable bonds is 24. The predicted molar refractivity (Wildman–Crippen MR) is 273 cm³/mol. The van der Waals surface area contributed by atoms with Gasteiger partial charge in [0.2, 0.25) is 0 Å². The molecule has 4 N–H and O–H groups in total. The van der Waals surface area contributed by atoms with Gasteiger partial charge in [0.1, 0.15) is 49.4 Å². The van der Waals surface area contributed by atoms with Crippen LogP contribution >= 0.6 is 0 Å². The van der Waals surface area contributed by atoms with Crippen molar-refractivity contribution >= 4 is 48.3 Å². The van der Waals surface area contributed by atoms with E-state index >= 15 is 0 Å². The summed E-state index contributed by atoms with van der Waals surface area (Å²) in [6.45, 7) is 19.8. The molecule has 4 aromatic carbocycles. The molecule has 20 nitrogen and oxygen atoms in total. The van der Waals surface area contributed by atoms with E-state index in [1.165, 1.54) is 20.8 Å². The number of carbonyl (C=O) groups excluding carboxylic acids is 8. The first-order valence-electron chi connectivity index (χ1n) is 23.5. The molecule has 0 heterocycles. The number of benzene rings is 4. The van der Waals surface area contributed by atoms with Crippen molar-refractivity contribution in [2.24, 2.45) is 5.41 Å². The molecule has 4 rings (SSSR count). The molecule has 0 aliphatic heterocycles. The van der Waals surface area contributed by atoms with Crippen LogP contribution in [0.4, 0.5) is 19.2 Å². The molecule has 0 radical (unpaired) electrons. The number of hydrogen-bond acceptors (Lipinski definition) is 16. The van der Waals surface area contributed by atoms with E-state index in [-0.39, 0.29) is 92.3 Å². The van der Waals surface area contributed by atoms with Crippen molar-refractivity contribution in [3.63, 3.8) is 0 Å². The summed E-state index contributed by atoms with van der Waals surface area (Å²) in [7, 11) is 0. The van der Waals surface area contributed by atoms with Crippen molar-refractivity contribution in [3.05, 3.63) is 156 Å². The van der Waals surface area contributed by atoms with E-state index in [4.69, 9.17) is 37.9 Å². The van der Waals surface area contributed by atoms with E-state index in [2.05, 4.69) is 41.0 Å². The molecular weight excluding hydrogens is 973 g/mol. The molecule has 0 aliphatic rings. The maximum Gasteiger partial charge on any atom is 0.412 e. The van der Waals surface area contributed by atoms with Crippen LogP contribution in [0.3, 0.4) is 0 Å². The summed E-state index contributed by atoms with van der Waals surface area (Å²) < 4.78 is 42.4. The average molecular weight is 1040 g/mol. The Bertz CT molecular complexity index is 2590. The Labute approximate surface area is 434 Å². The lowest BCUT2D eigenvalue weighted by Gasteiger charge is -2.30. The second-order valence-corrected chi connectivity index (χ2v) is 17.6. The molecule has 0 saturated carbocycles. The van der Waals surface area contributed by atoms with Gasteiger partial charge in [-0.15, -0.1) is 0 Å². The van der Waals surface area contributed by atoms with Gasteiger partial charge in [0, 0.05) is 28.6 Å². The van der Waals surface area contributed by atoms with Crippen LogP contribution in [0, 0.1) is 5.41 Å². The third kappa shape index (κ3) is 20.2. The molecule has 0 bridgehead atoms. The highest BCUT2D eigenvalue weighted by molar-refractivity contribution is 5.88. The topological polar surface area (TPSA) is 259 Å². The third-order valence-electron chi connectivity index (χ3n) is 10.2. The molecule has 20 heteroatoms. The summed E-state index contributed by atoms with van der Waals surface area (Å²) >= 11 is 0. The first kappa shape index (κ1) is 58.6. The van der Waals surface area contributed by atoms with Crippen molar-refractivity contribution in [1.29, 1.82) is 0 Å². The Kier molecular flexibility index (Phi) is 22.6. The van der Waals surface area contributed by atoms with Gasteiger partial charge in [-0.05, 0) is 112 Å². The average Bonchev–Trinajstić information content (AvgIpc) is 3.36. The van der Waals surface area contributed by atoms with Crippen LogP contribution in [0.5, 0.6) is 23.0 Å². The zero-order chi connectivity index (χ0) is 55.1. The standard InChI is InChI=1S/C55H62N4O16/c1-34(2)47(60)68-30-26-56-51(64)72-41-18-10-37(11-19-41)45(38-12-20-42(21-13-38)73-52(65)57-27-31-69-48(61)35(3)4)46(39-14-22-43(23-15-39)74-53(66)58-28-32-70-49(62)36(5)6)40-16-24-44(25-17-40)75-54(67)59-29-33-71-50(63)55(7,8)9/h10-25,45-46H,1,3,5,26-33H2,2,4,6-9H3,(H,56,64)(H,57,65)(H,58,66)(H,59,67). The van der Waals surface area contributed by atoms with E-state index in [1.54, 1.807) is 118 Å². The number of carbonyl (C=O) groups is 8. The van der Waals surface area contributed by atoms with Crippen molar-refractivity contribution < 1.29 is 76.3 Å². The predicted octanol–water partition coefficient (Wildman–Crippen LogP) is 7.95. The van der Waals surface area contributed by atoms with Crippen LogP contribution in [-0.4, -0.2) is 101 Å². The lowest BCUT2D eigenvalue weighted by atomic mass is 9.73. The van der Waals surface area contributed by atoms with Gasteiger partial charge in [-0.2, -0.15) is 0 Å². The summed E-state index contributed by atoms with van der Waals surface area (Å²) in [5.74, 6) is -2.56. The fraction of sp³-hybridized carbons (Fsp3) is 0.309. The van der Waals surface area contributed by atoms with Gasteiger partial charge in [0.15, 0.2) is 0 Å². The van der Waals surface area contributed by atoms with Gasteiger partial charge in [-0.1, -0.05) is 68.3 Å². The first-order chi connectivity index (χ1) is 35.6. The van der Waals surface area contributed by atoms with Crippen LogP contribution in [0.15, 0.2) is 134 Å². The number of nitrogens with one attached hydrogen (secondary N) is 4. The summed E-state index contributed by atoms with van der Waals surface area (Å²) in [6.07, 6.45) is -3.16. The monoisotopic (exact) mass is 1030 g/mol. The maximum atomic E-state index is 12.8. The zero-order valence-electron chi connectivity index (χ0n) is 42.7. The molecular formula is C55H62N4O16. The molecule has 398 valence electrons. The third-order valence-corrected chi connectivity index (χ3v) is 10.2. The minimum atomic E-state index is -0.793. The van der Waals surface area contributed by atoms with Crippen LogP contribution < -0.4 is 40.2 Å². The number of hydrogen-bond donors (Lipinski definition) is 4. The maximum absolute atomic E-state index is 12.8. The lowest BCUT2D eigenvalue weighted by Crippen LogP contribution is -2.32. The molecule has 4 amide bonds. The van der Waals surface area contributed by atoms with E-state index < -0.39 is 65.5 Å². The van der Waals surface area contributed by atoms with Crippen molar-refractivity contribution in [1.82, 2.24) is 21.3 Å². The minimum Gasteiger partial charge on any atom is -0.463 e. The van der Waals surface area contributed by atoms with Gasteiger partial charge >= 0.3 is 48.3 Å². The molecule has 75 heavy (non-hydrogen) atoms. The van der Waals surface area contributed by atoms with Crippen LogP contribution in [-0.2, 0) is 38.1 Å². The highest BCUT2D eigenvalue weighted by Gasteiger charge is 2.30. The second-order valence-electron chi connectivity index (χ2n) is 17.6. The Balaban J connectivity index is 1.67. The fourth-order valence-electron chi connectivity index (χ4n) is 6.47. The van der Waals surface area contributed by atoms with Gasteiger partial charge < -0.3 is 59.2 Å². The molecule has 0 spiro atoms. The summed E-state index contributed by atoms with van der Waals surface area (Å²) in [4.78, 5) is 98.2. The fourth-order valence-corrected chi connectivity index (χ4v) is 6.47. The highest BCUT2D eigenvalue weighted by atomic mass is 16.6. The number of amides is 4. The van der Waals surface area contributed by atoms with E-state index in [0.29, 0.717) is 11.1 Å². The van der Waals surface area contributed by atoms with Crippen LogP contribution in [0.1, 0.15) is 75.6 Å². The van der Waals surface area contributed by atoms with Gasteiger partial charge in [-0.25, -0.2) is 33.6 Å². The Morgan fingerprint density at radius 2 is 0.600 bits per heavy atom. The van der Waals surface area contributed by atoms with Crippen LogP contribution in [0.2, 0.25) is 0 Å². The van der Waals surface area contributed by atoms with E-state index in [1.807, 2.05) is 0 Å². The molecule has 0 aromatic heterocycles. The first-order valence-corrected chi connectivity index (χ1v) is 23.5. The van der Waals surface area contributed by atoms with Gasteiger partial charge in [0.05, 0.1) is 31.6 Å². The minimum absolute atomic E-state index is 0.0116. The quantitative estimate of drug-likeness (QED) is 0.0225. The number of esters is 4. The Morgan fingerprint density at radius 1 is 0.387 bits per heavy atom. The lowest BCUT2D eigenvalue weighted by molar-refractivity contribution is -0.152. The zero-order valence-corrected chi connectivity index (χ0v) is 42.7. The molecule has 1 atom stereocenters. The molecule has 0 saturated heterocycles. The summed E-state index contributed by atoms with van der Waals surface area (Å²) in [5.41, 5.74) is 2.81. The molecule has 0 fully saturated rings. The number of ether oxygens (including phenoxy) is 8.